The van der Waals surface area contributed by atoms with Gasteiger partial charge in [-0.2, -0.15) is 0 Å². The smallest absolute Gasteiger partial charge is 0.161 e. The van der Waals surface area contributed by atoms with Crippen molar-refractivity contribution < 1.29 is 8.85 Å². The fourth-order valence-corrected chi connectivity index (χ4v) is 2.40. The molecule has 61 valence electrons. The van der Waals surface area contributed by atoms with Crippen LogP contribution in [0.2, 0.25) is 13.1 Å². The topological polar surface area (TPSA) is 18.5 Å². The zero-order chi connectivity index (χ0) is 7.98. The summed E-state index contributed by atoms with van der Waals surface area (Å²) in [5.74, 6) is 0.264. The third kappa shape index (κ3) is 4.21. The van der Waals surface area contributed by atoms with Crippen LogP contribution < -0.4 is 0 Å². The monoisotopic (exact) mass is 177 g/mol. The SMILES string of the molecule is [CH2]C(C)C(O[SiH2]C)O[SiH2]C. The highest BCUT2D eigenvalue weighted by atomic mass is 28.2. The van der Waals surface area contributed by atoms with Gasteiger partial charge in [-0.25, -0.2) is 0 Å². The van der Waals surface area contributed by atoms with Gasteiger partial charge in [0, 0.05) is 5.92 Å². The van der Waals surface area contributed by atoms with Gasteiger partial charge in [0.1, 0.15) is 6.29 Å². The van der Waals surface area contributed by atoms with Crippen LogP contribution in [0.3, 0.4) is 0 Å². The average Bonchev–Trinajstić information content (AvgIpc) is 1.87. The molecule has 0 heterocycles. The molecule has 1 atom stereocenters. The summed E-state index contributed by atoms with van der Waals surface area (Å²) in [6, 6.07) is 0. The Hall–Kier alpha value is 0.354. The van der Waals surface area contributed by atoms with E-state index in [9.17, 15) is 0 Å². The van der Waals surface area contributed by atoms with Gasteiger partial charge in [-0.3, -0.25) is 0 Å². The second-order valence-corrected chi connectivity index (χ2v) is 4.08. The van der Waals surface area contributed by atoms with Crippen LogP contribution in [0.1, 0.15) is 6.92 Å². The first-order chi connectivity index (χ1) is 4.72. The third-order valence-electron chi connectivity index (χ3n) is 1.13. The zero-order valence-corrected chi connectivity index (χ0v) is 9.92. The Morgan fingerprint density at radius 1 is 1.20 bits per heavy atom. The molecule has 1 radical (unpaired) electrons. The van der Waals surface area contributed by atoms with Crippen LogP contribution in [0.4, 0.5) is 0 Å². The predicted octanol–water partition coefficient (Wildman–Crippen LogP) is 0.0797. The van der Waals surface area contributed by atoms with Crippen LogP contribution in [0, 0.1) is 12.8 Å². The van der Waals surface area contributed by atoms with Crippen molar-refractivity contribution in [2.75, 3.05) is 0 Å². The molecule has 1 unspecified atom stereocenters. The Kier molecular flexibility index (Phi) is 6.30. The maximum absolute atomic E-state index is 5.43. The van der Waals surface area contributed by atoms with Crippen molar-refractivity contribution in [1.82, 2.24) is 0 Å². The molecule has 0 aromatic heterocycles. The zero-order valence-electron chi connectivity index (χ0n) is 7.09. The van der Waals surface area contributed by atoms with E-state index in [1.54, 1.807) is 0 Å². The van der Waals surface area contributed by atoms with Crippen LogP contribution in [0.25, 0.3) is 0 Å². The second-order valence-electron chi connectivity index (χ2n) is 2.26. The minimum absolute atomic E-state index is 0.00617. The van der Waals surface area contributed by atoms with Crippen LogP contribution >= 0.6 is 0 Å². The van der Waals surface area contributed by atoms with E-state index >= 15 is 0 Å². The largest absolute Gasteiger partial charge is 0.400 e. The summed E-state index contributed by atoms with van der Waals surface area (Å²) in [6.45, 7) is 10.1. The first-order valence-electron chi connectivity index (χ1n) is 3.78. The molecular weight excluding hydrogens is 160 g/mol. The lowest BCUT2D eigenvalue weighted by Crippen LogP contribution is -2.25. The van der Waals surface area contributed by atoms with Gasteiger partial charge in [-0.1, -0.05) is 20.0 Å². The van der Waals surface area contributed by atoms with Gasteiger partial charge in [0.05, 0.1) is 0 Å². The molecule has 4 heteroatoms. The highest BCUT2D eigenvalue weighted by molar-refractivity contribution is 6.26. The van der Waals surface area contributed by atoms with Crippen molar-refractivity contribution in [2.45, 2.75) is 26.3 Å². The highest BCUT2D eigenvalue weighted by Gasteiger charge is 2.10. The molecule has 0 aliphatic rings. The number of rotatable bonds is 5. The molecule has 10 heavy (non-hydrogen) atoms. The van der Waals surface area contributed by atoms with Crippen molar-refractivity contribution in [2.24, 2.45) is 5.92 Å². The average molecular weight is 177 g/mol. The Balaban J connectivity index is 3.50. The lowest BCUT2D eigenvalue weighted by Gasteiger charge is -2.20. The Morgan fingerprint density at radius 3 is 1.80 bits per heavy atom. The fraction of sp³-hybridized carbons (Fsp3) is 0.833. The van der Waals surface area contributed by atoms with Crippen LogP contribution in [0.5, 0.6) is 0 Å². The normalized spacial score (nSPS) is 16.5. The maximum atomic E-state index is 5.43. The molecular formula is C6H17O2Si2. The minimum Gasteiger partial charge on any atom is -0.400 e. The van der Waals surface area contributed by atoms with E-state index in [4.69, 9.17) is 8.85 Å². The predicted molar refractivity (Wildman–Crippen MR) is 49.3 cm³/mol. The van der Waals surface area contributed by atoms with E-state index in [-0.39, 0.29) is 31.7 Å². The lowest BCUT2D eigenvalue weighted by atomic mass is 10.2. The van der Waals surface area contributed by atoms with Crippen molar-refractivity contribution in [3.05, 3.63) is 6.92 Å². The molecule has 0 aliphatic heterocycles. The van der Waals surface area contributed by atoms with Crippen molar-refractivity contribution in [3.63, 3.8) is 0 Å². The lowest BCUT2D eigenvalue weighted by molar-refractivity contribution is -0.0174. The third-order valence-corrected chi connectivity index (χ3v) is 2.45. The van der Waals surface area contributed by atoms with E-state index in [0.29, 0.717) is 0 Å². The van der Waals surface area contributed by atoms with Gasteiger partial charge in [-0.05, 0) is 6.92 Å². The summed E-state index contributed by atoms with van der Waals surface area (Å²) in [7, 11) is -0.679. The van der Waals surface area contributed by atoms with E-state index in [2.05, 4.69) is 20.0 Å². The summed E-state index contributed by atoms with van der Waals surface area (Å²) in [4.78, 5) is 0. The molecule has 0 N–H and O–H groups in total. The van der Waals surface area contributed by atoms with Crippen LogP contribution in [-0.2, 0) is 8.85 Å². The van der Waals surface area contributed by atoms with Crippen LogP contribution in [-0.4, -0.2) is 25.8 Å². The molecule has 0 aliphatic carbocycles. The Labute approximate surface area is 68.2 Å². The molecule has 2 nitrogen and oxygen atoms in total. The minimum atomic E-state index is -0.339. The quantitative estimate of drug-likeness (QED) is 0.437. The number of hydrogen-bond acceptors (Lipinski definition) is 2. The molecule has 0 saturated carbocycles. The molecule has 0 aromatic carbocycles. The van der Waals surface area contributed by atoms with Crippen LogP contribution in [0.15, 0.2) is 0 Å². The molecule has 0 amide bonds. The fourth-order valence-electron chi connectivity index (χ4n) is 0.705. The highest BCUT2D eigenvalue weighted by Crippen LogP contribution is 2.05. The molecule has 0 saturated heterocycles. The van der Waals surface area contributed by atoms with E-state index < -0.39 is 0 Å². The van der Waals surface area contributed by atoms with Crippen molar-refractivity contribution in [3.8, 4) is 0 Å². The van der Waals surface area contributed by atoms with Gasteiger partial charge in [0.15, 0.2) is 19.5 Å². The summed E-state index contributed by atoms with van der Waals surface area (Å²) < 4.78 is 10.9. The van der Waals surface area contributed by atoms with Gasteiger partial charge in [0.2, 0.25) is 0 Å². The van der Waals surface area contributed by atoms with Gasteiger partial charge in [-0.15, -0.1) is 0 Å². The van der Waals surface area contributed by atoms with Crippen molar-refractivity contribution in [1.29, 1.82) is 0 Å². The van der Waals surface area contributed by atoms with Crippen molar-refractivity contribution >= 4 is 19.5 Å². The molecule has 0 aromatic rings. The molecule has 0 spiro atoms. The van der Waals surface area contributed by atoms with E-state index in [1.165, 1.54) is 0 Å². The van der Waals surface area contributed by atoms with Gasteiger partial charge < -0.3 is 8.85 Å². The Bertz CT molecular complexity index is 72.1. The second kappa shape index (κ2) is 6.09. The molecule has 0 bridgehead atoms. The Morgan fingerprint density at radius 2 is 1.60 bits per heavy atom. The summed E-state index contributed by atoms with van der Waals surface area (Å²) >= 11 is 0. The summed E-state index contributed by atoms with van der Waals surface area (Å²) in [5.41, 5.74) is 0. The molecule has 0 fully saturated rings. The standard InChI is InChI=1S/C6H17O2Si2/c1-5(2)6(7-9-3)8-10-4/h5-6H,1,9-10H2,2-4H3. The van der Waals surface area contributed by atoms with Gasteiger partial charge >= 0.3 is 0 Å². The first kappa shape index (κ1) is 10.4. The van der Waals surface area contributed by atoms with Gasteiger partial charge in [0.25, 0.3) is 0 Å². The van der Waals surface area contributed by atoms with E-state index in [1.807, 2.05) is 6.92 Å². The maximum Gasteiger partial charge on any atom is 0.161 e. The summed E-state index contributed by atoms with van der Waals surface area (Å²) in [6.07, 6.45) is -0.00617. The number of hydrogen-bond donors (Lipinski definition) is 0. The summed E-state index contributed by atoms with van der Waals surface area (Å²) in [5, 5.41) is 0. The first-order valence-corrected chi connectivity index (χ1v) is 7.77. The molecule has 0 rings (SSSR count). The van der Waals surface area contributed by atoms with E-state index in [0.717, 1.165) is 0 Å².